The van der Waals surface area contributed by atoms with Crippen LogP contribution in [0.25, 0.3) is 0 Å². The molecule has 144 valence electrons. The summed E-state index contributed by atoms with van der Waals surface area (Å²) in [6.07, 6.45) is 26.8. The summed E-state index contributed by atoms with van der Waals surface area (Å²) in [5.41, 5.74) is 0. The van der Waals surface area contributed by atoms with Gasteiger partial charge in [0.1, 0.15) is 6.29 Å². The average Bonchev–Trinajstić information content (AvgIpc) is 2.59. The third kappa shape index (κ3) is 18.0. The number of rotatable bonds is 20. The van der Waals surface area contributed by atoms with Crippen LogP contribution in [0.2, 0.25) is 0 Å². The molecule has 1 nitrogen and oxygen atoms in total. The molecular formula is C23H46O. The van der Waals surface area contributed by atoms with Crippen LogP contribution < -0.4 is 0 Å². The number of unbranched alkanes of at least 4 members (excludes halogenated alkanes) is 14. The highest BCUT2D eigenvalue weighted by Gasteiger charge is 2.07. The quantitative estimate of drug-likeness (QED) is 0.161. The molecule has 0 fully saturated rings. The molecular weight excluding hydrogens is 292 g/mol. The van der Waals surface area contributed by atoms with E-state index in [1.165, 1.54) is 116 Å². The topological polar surface area (TPSA) is 17.1 Å². The molecule has 0 aromatic rings. The van der Waals surface area contributed by atoms with E-state index in [9.17, 15) is 4.79 Å². The molecule has 1 atom stereocenters. The molecule has 0 aliphatic heterocycles. The minimum absolute atomic E-state index is 0.669. The summed E-state index contributed by atoms with van der Waals surface area (Å²) in [5, 5.41) is 0. The second-order valence-electron chi connectivity index (χ2n) is 7.80. The van der Waals surface area contributed by atoms with Crippen molar-refractivity contribution in [2.45, 2.75) is 136 Å². The van der Waals surface area contributed by atoms with Gasteiger partial charge in [0.15, 0.2) is 0 Å². The molecule has 0 unspecified atom stereocenters. The Hall–Kier alpha value is -0.330. The summed E-state index contributed by atoms with van der Waals surface area (Å²) in [5.74, 6) is 0.669. The Bertz CT molecular complexity index is 236. The maximum atomic E-state index is 10.9. The van der Waals surface area contributed by atoms with Crippen LogP contribution in [-0.4, -0.2) is 6.29 Å². The number of hydrogen-bond donors (Lipinski definition) is 0. The number of hydrogen-bond acceptors (Lipinski definition) is 1. The number of aldehydes is 1. The molecule has 0 bridgehead atoms. The van der Waals surface area contributed by atoms with Gasteiger partial charge in [0.25, 0.3) is 0 Å². The zero-order chi connectivity index (χ0) is 17.7. The van der Waals surface area contributed by atoms with E-state index in [1.807, 2.05) is 0 Å². The molecule has 0 saturated heterocycles. The summed E-state index contributed by atoms with van der Waals surface area (Å²) in [6, 6.07) is 0. The van der Waals surface area contributed by atoms with Crippen molar-refractivity contribution in [2.75, 3.05) is 0 Å². The summed E-state index contributed by atoms with van der Waals surface area (Å²) in [6.45, 7) is 4.55. The van der Waals surface area contributed by atoms with E-state index in [1.54, 1.807) is 0 Å². The maximum Gasteiger partial charge on any atom is 0.120 e. The van der Waals surface area contributed by atoms with Crippen LogP contribution in [0.5, 0.6) is 0 Å². The Kier molecular flexibility index (Phi) is 20.4. The van der Waals surface area contributed by atoms with E-state index in [4.69, 9.17) is 0 Å². The molecule has 0 heterocycles. The first-order valence-electron chi connectivity index (χ1n) is 11.3. The van der Waals surface area contributed by atoms with Crippen molar-refractivity contribution in [2.24, 2.45) is 5.92 Å². The fraction of sp³-hybridized carbons (Fsp3) is 0.957. The average molecular weight is 339 g/mol. The lowest BCUT2D eigenvalue weighted by Crippen LogP contribution is -2.02. The lowest BCUT2D eigenvalue weighted by Gasteiger charge is -2.14. The molecule has 1 heteroatoms. The normalized spacial score (nSPS) is 12.4. The molecule has 0 radical (unpaired) electrons. The maximum absolute atomic E-state index is 10.9. The monoisotopic (exact) mass is 338 g/mol. The van der Waals surface area contributed by atoms with Gasteiger partial charge in [-0.25, -0.2) is 0 Å². The van der Waals surface area contributed by atoms with Gasteiger partial charge in [0.05, 0.1) is 0 Å². The lowest BCUT2D eigenvalue weighted by atomic mass is 9.92. The highest BCUT2D eigenvalue weighted by atomic mass is 16.1. The van der Waals surface area contributed by atoms with Gasteiger partial charge in [-0.05, 0) is 5.92 Å². The van der Waals surface area contributed by atoms with Crippen LogP contribution in [0.15, 0.2) is 0 Å². The predicted octanol–water partition coefficient (Wildman–Crippen LogP) is 8.25. The van der Waals surface area contributed by atoms with E-state index in [2.05, 4.69) is 13.8 Å². The Labute approximate surface area is 153 Å². The molecule has 0 amide bonds. The predicted molar refractivity (Wildman–Crippen MR) is 109 cm³/mol. The van der Waals surface area contributed by atoms with Crippen molar-refractivity contribution in [1.29, 1.82) is 0 Å². The Morgan fingerprint density at radius 1 is 0.542 bits per heavy atom. The second kappa shape index (κ2) is 20.7. The zero-order valence-electron chi connectivity index (χ0n) is 17.0. The molecule has 0 saturated carbocycles. The van der Waals surface area contributed by atoms with Crippen LogP contribution >= 0.6 is 0 Å². The summed E-state index contributed by atoms with van der Waals surface area (Å²) < 4.78 is 0. The third-order valence-corrected chi connectivity index (χ3v) is 5.36. The van der Waals surface area contributed by atoms with Crippen molar-refractivity contribution in [3.63, 3.8) is 0 Å². The van der Waals surface area contributed by atoms with Crippen molar-refractivity contribution >= 4 is 6.29 Å². The van der Waals surface area contributed by atoms with Crippen molar-refractivity contribution in [3.8, 4) is 0 Å². The first-order valence-corrected chi connectivity index (χ1v) is 11.3. The van der Waals surface area contributed by atoms with Crippen LogP contribution in [0, 0.1) is 5.92 Å². The second-order valence-corrected chi connectivity index (χ2v) is 7.80. The number of carbonyl (C=O) groups excluding carboxylic acids is 1. The smallest absolute Gasteiger partial charge is 0.120 e. The standard InChI is InChI=1S/C23H46O/c1-3-5-7-9-10-11-12-13-14-16-18-20-23(21-22-24)19-17-15-8-6-4-2/h22-23H,3-21H2,1-2H3/t23-/m1/s1. The Morgan fingerprint density at radius 2 is 0.875 bits per heavy atom. The summed E-state index contributed by atoms with van der Waals surface area (Å²) in [7, 11) is 0. The summed E-state index contributed by atoms with van der Waals surface area (Å²) >= 11 is 0. The summed E-state index contributed by atoms with van der Waals surface area (Å²) in [4.78, 5) is 10.9. The van der Waals surface area contributed by atoms with Gasteiger partial charge in [-0.2, -0.15) is 0 Å². The molecule has 0 rings (SSSR count). The van der Waals surface area contributed by atoms with Crippen molar-refractivity contribution < 1.29 is 4.79 Å². The number of carbonyl (C=O) groups is 1. The van der Waals surface area contributed by atoms with E-state index in [0.717, 1.165) is 12.7 Å². The first-order chi connectivity index (χ1) is 11.8. The highest BCUT2D eigenvalue weighted by molar-refractivity contribution is 5.49. The van der Waals surface area contributed by atoms with Crippen LogP contribution in [-0.2, 0) is 4.79 Å². The molecule has 0 aliphatic rings. The first kappa shape index (κ1) is 23.7. The minimum atomic E-state index is 0.669. The molecule has 0 aliphatic carbocycles. The van der Waals surface area contributed by atoms with E-state index >= 15 is 0 Å². The van der Waals surface area contributed by atoms with Crippen LogP contribution in [0.4, 0.5) is 0 Å². The molecule has 24 heavy (non-hydrogen) atoms. The van der Waals surface area contributed by atoms with E-state index in [-0.39, 0.29) is 0 Å². The lowest BCUT2D eigenvalue weighted by molar-refractivity contribution is -0.108. The molecule has 0 spiro atoms. The SMILES string of the molecule is CCCCCCCCCCCCC[C@H](CC=O)CCCCCCC. The van der Waals surface area contributed by atoms with Gasteiger partial charge < -0.3 is 4.79 Å². The van der Waals surface area contributed by atoms with Gasteiger partial charge in [-0.3, -0.25) is 0 Å². The minimum Gasteiger partial charge on any atom is -0.303 e. The van der Waals surface area contributed by atoms with E-state index < -0.39 is 0 Å². The van der Waals surface area contributed by atoms with Crippen LogP contribution in [0.3, 0.4) is 0 Å². The third-order valence-electron chi connectivity index (χ3n) is 5.36. The largest absolute Gasteiger partial charge is 0.303 e. The molecule has 0 N–H and O–H groups in total. The molecule has 0 aromatic carbocycles. The highest BCUT2D eigenvalue weighted by Crippen LogP contribution is 2.21. The Balaban J connectivity index is 3.38. The van der Waals surface area contributed by atoms with Crippen LogP contribution in [0.1, 0.15) is 136 Å². The molecule has 0 aromatic heterocycles. The van der Waals surface area contributed by atoms with Gasteiger partial charge in [-0.1, -0.05) is 129 Å². The van der Waals surface area contributed by atoms with Gasteiger partial charge >= 0.3 is 0 Å². The van der Waals surface area contributed by atoms with Gasteiger partial charge in [0, 0.05) is 6.42 Å². The van der Waals surface area contributed by atoms with Gasteiger partial charge in [0.2, 0.25) is 0 Å². The van der Waals surface area contributed by atoms with E-state index in [0.29, 0.717) is 5.92 Å². The fourth-order valence-corrected chi connectivity index (χ4v) is 3.65. The Morgan fingerprint density at radius 3 is 1.21 bits per heavy atom. The zero-order valence-corrected chi connectivity index (χ0v) is 17.0. The van der Waals surface area contributed by atoms with Gasteiger partial charge in [-0.15, -0.1) is 0 Å². The fourth-order valence-electron chi connectivity index (χ4n) is 3.65. The van der Waals surface area contributed by atoms with Crippen molar-refractivity contribution in [3.05, 3.63) is 0 Å². The van der Waals surface area contributed by atoms with Crippen molar-refractivity contribution in [1.82, 2.24) is 0 Å².